The average molecular weight is 655 g/mol. The molecule has 0 saturated heterocycles. The second-order valence-corrected chi connectivity index (χ2v) is 12.2. The third-order valence-corrected chi connectivity index (χ3v) is 9.11. The second kappa shape index (κ2) is 19.5. The van der Waals surface area contributed by atoms with Crippen LogP contribution in [0.5, 0.6) is 11.5 Å². The molecule has 244 valence electrons. The topological polar surface area (TPSA) is 153 Å². The number of rotatable bonds is 8. The highest BCUT2D eigenvalue weighted by molar-refractivity contribution is 7.15. The minimum absolute atomic E-state index is 0.170. The number of phenols is 2. The lowest BCUT2D eigenvalue weighted by Gasteiger charge is -2.25. The van der Waals surface area contributed by atoms with Gasteiger partial charge in [-0.1, -0.05) is 73.3 Å². The third kappa shape index (κ3) is 11.5. The number of aliphatic hydroxyl groups is 1. The molecule has 1 aliphatic rings. The molecule has 1 aliphatic carbocycles. The van der Waals surface area contributed by atoms with Crippen LogP contribution in [0.25, 0.3) is 0 Å². The molecule has 1 unspecified atom stereocenters. The number of nitrogens with one attached hydrogen (secondary N) is 2. The van der Waals surface area contributed by atoms with Gasteiger partial charge in [-0.25, -0.2) is 0 Å². The van der Waals surface area contributed by atoms with Crippen LogP contribution in [0, 0.1) is 13.8 Å². The number of nitrogens with zero attached hydrogens (tertiary/aromatic N) is 4. The van der Waals surface area contributed by atoms with Crippen molar-refractivity contribution in [3.8, 4) is 11.5 Å². The Labute approximate surface area is 274 Å². The van der Waals surface area contributed by atoms with Crippen LogP contribution in [0.1, 0.15) is 83.6 Å². The van der Waals surface area contributed by atoms with E-state index in [0.717, 1.165) is 76.6 Å². The monoisotopic (exact) mass is 654 g/mol. The largest absolute Gasteiger partial charge is 0.508 e. The molecule has 0 aliphatic heterocycles. The Balaban J connectivity index is 0.000000394. The zero-order valence-electron chi connectivity index (χ0n) is 27.0. The number of anilines is 2. The number of hydrogen-bond donors (Lipinski definition) is 5. The lowest BCUT2D eigenvalue weighted by molar-refractivity contribution is -0.115. The van der Waals surface area contributed by atoms with Crippen LogP contribution >= 0.6 is 22.7 Å². The number of aliphatic hydroxyl groups excluding tert-OH is 1. The first kappa shape index (κ1) is 37.3. The highest BCUT2D eigenvalue weighted by atomic mass is 32.1. The predicted molar refractivity (Wildman–Crippen MR) is 185 cm³/mol. The highest BCUT2D eigenvalue weighted by Gasteiger charge is 2.29. The lowest BCUT2D eigenvalue weighted by Crippen LogP contribution is -2.14. The van der Waals surface area contributed by atoms with Crippen LogP contribution in [0.4, 0.5) is 10.3 Å². The molecule has 5 N–H and O–H groups in total. The Kier molecular flexibility index (Phi) is 16.2. The Morgan fingerprint density at radius 2 is 1.40 bits per heavy atom. The summed E-state index contributed by atoms with van der Waals surface area (Å²) in [5.41, 5.74) is 3.56. The Hall–Kier alpha value is -3.87. The van der Waals surface area contributed by atoms with Crippen LogP contribution in [0.2, 0.25) is 0 Å². The van der Waals surface area contributed by atoms with E-state index in [1.807, 2.05) is 59.0 Å². The molecule has 45 heavy (non-hydrogen) atoms. The van der Waals surface area contributed by atoms with E-state index < -0.39 is 0 Å². The summed E-state index contributed by atoms with van der Waals surface area (Å²) in [7, 11) is 2.85. The van der Waals surface area contributed by atoms with Crippen LogP contribution in [0.3, 0.4) is 0 Å². The zero-order chi connectivity index (χ0) is 33.4. The van der Waals surface area contributed by atoms with Gasteiger partial charge in [0.1, 0.15) is 21.5 Å². The first-order valence-corrected chi connectivity index (χ1v) is 16.7. The van der Waals surface area contributed by atoms with E-state index in [9.17, 15) is 15.0 Å². The molecule has 2 aromatic heterocycles. The molecule has 2 atom stereocenters. The van der Waals surface area contributed by atoms with Gasteiger partial charge in [0.15, 0.2) is 0 Å². The van der Waals surface area contributed by atoms with Gasteiger partial charge < -0.3 is 26.0 Å². The van der Waals surface area contributed by atoms with Gasteiger partial charge in [0, 0.05) is 26.0 Å². The average Bonchev–Trinajstić information content (AvgIpc) is 3.74. The number of amides is 1. The van der Waals surface area contributed by atoms with Crippen molar-refractivity contribution in [1.82, 2.24) is 20.4 Å². The molecule has 2 aromatic carbocycles. The lowest BCUT2D eigenvalue weighted by atomic mass is 9.82. The maximum atomic E-state index is 12.4. The highest BCUT2D eigenvalue weighted by Crippen LogP contribution is 2.43. The molecule has 1 amide bonds. The van der Waals surface area contributed by atoms with E-state index in [1.54, 1.807) is 29.5 Å². The van der Waals surface area contributed by atoms with Crippen molar-refractivity contribution in [3.05, 3.63) is 81.3 Å². The van der Waals surface area contributed by atoms with Gasteiger partial charge in [0.2, 0.25) is 16.2 Å². The van der Waals surface area contributed by atoms with Gasteiger partial charge >= 0.3 is 0 Å². The number of aryl methyl sites for hydroxylation is 2. The summed E-state index contributed by atoms with van der Waals surface area (Å²) in [6.07, 6.45) is 7.09. The molecular formula is C33H46N6O4S2. The predicted octanol–water partition coefficient (Wildman–Crippen LogP) is 7.13. The summed E-state index contributed by atoms with van der Waals surface area (Å²) in [5.74, 6) is 1.10. The standard InChI is InChI=1S/C20H24N6O2S2.C10H12O.C2H6.CH4O/c1-11-6-7-12(8-15(11)27)9-16(28)22-20-26-24-18(30-20)14-5-3-4-13(10-14)17-23-25-19(21-2)29-17;1-3-4-9-6-5-8(2)10(11)7-9;2*1-2/h6-8,13-14,27H,3-5,9-10H2,1-2H3,(H,21,25)(H,22,26,28);3,5-7,11H,1,4H2,2H3;1-2H3;2H,1H3/t13?,14-;;;/m0.../s1. The summed E-state index contributed by atoms with van der Waals surface area (Å²) in [5, 5.41) is 52.4. The van der Waals surface area contributed by atoms with E-state index in [2.05, 4.69) is 37.6 Å². The molecule has 4 aromatic rings. The minimum atomic E-state index is -0.170. The van der Waals surface area contributed by atoms with Gasteiger partial charge in [-0.15, -0.1) is 27.0 Å². The summed E-state index contributed by atoms with van der Waals surface area (Å²) >= 11 is 3.05. The van der Waals surface area contributed by atoms with E-state index >= 15 is 0 Å². The fraction of sp³-hybridized carbons (Fsp3) is 0.424. The van der Waals surface area contributed by atoms with Gasteiger partial charge in [-0.3, -0.25) is 4.79 Å². The van der Waals surface area contributed by atoms with Crippen molar-refractivity contribution in [2.45, 2.75) is 78.1 Å². The van der Waals surface area contributed by atoms with Gasteiger partial charge in [-0.2, -0.15) is 0 Å². The first-order chi connectivity index (χ1) is 21.7. The van der Waals surface area contributed by atoms with Crippen molar-refractivity contribution < 1.29 is 20.1 Å². The van der Waals surface area contributed by atoms with Crippen LogP contribution in [-0.2, 0) is 17.6 Å². The number of phenolic OH excluding ortho intramolecular Hbond substituents is 2. The number of hydrogen-bond acceptors (Lipinski definition) is 11. The molecule has 10 nitrogen and oxygen atoms in total. The zero-order valence-corrected chi connectivity index (χ0v) is 28.6. The van der Waals surface area contributed by atoms with E-state index in [0.29, 0.717) is 22.7 Å². The maximum absolute atomic E-state index is 12.4. The fourth-order valence-electron chi connectivity index (χ4n) is 4.65. The Morgan fingerprint density at radius 3 is 1.91 bits per heavy atom. The van der Waals surface area contributed by atoms with E-state index in [-0.39, 0.29) is 18.1 Å². The van der Waals surface area contributed by atoms with Crippen molar-refractivity contribution >= 4 is 38.8 Å². The molecule has 1 fully saturated rings. The van der Waals surface area contributed by atoms with Crippen molar-refractivity contribution in [1.29, 1.82) is 0 Å². The maximum Gasteiger partial charge on any atom is 0.230 e. The molecule has 0 radical (unpaired) electrons. The van der Waals surface area contributed by atoms with E-state index in [4.69, 9.17) is 5.11 Å². The molecule has 5 rings (SSSR count). The fourth-order valence-corrected chi connectivity index (χ4v) is 6.40. The van der Waals surface area contributed by atoms with Crippen LogP contribution < -0.4 is 10.6 Å². The van der Waals surface area contributed by atoms with Crippen LogP contribution in [0.15, 0.2) is 49.1 Å². The molecule has 1 saturated carbocycles. The summed E-state index contributed by atoms with van der Waals surface area (Å²) in [6.45, 7) is 11.3. The molecule has 2 heterocycles. The van der Waals surface area contributed by atoms with Gasteiger partial charge in [0.05, 0.1) is 6.42 Å². The number of aromatic hydroxyl groups is 2. The molecular weight excluding hydrogens is 609 g/mol. The normalized spacial score (nSPS) is 15.2. The first-order valence-electron chi connectivity index (χ1n) is 15.0. The van der Waals surface area contributed by atoms with Crippen molar-refractivity contribution in [2.24, 2.45) is 0 Å². The van der Waals surface area contributed by atoms with Crippen LogP contribution in [-0.4, -0.2) is 55.8 Å². The Bertz CT molecular complexity index is 1490. The number of carbonyl (C=O) groups is 1. The number of benzene rings is 2. The quantitative estimate of drug-likeness (QED) is 0.125. The third-order valence-electron chi connectivity index (χ3n) is 7.01. The second-order valence-electron chi connectivity index (χ2n) is 10.2. The van der Waals surface area contributed by atoms with E-state index in [1.165, 1.54) is 11.3 Å². The van der Waals surface area contributed by atoms with Crippen molar-refractivity contribution in [3.63, 3.8) is 0 Å². The van der Waals surface area contributed by atoms with Gasteiger partial charge in [-0.05, 0) is 73.9 Å². The number of aromatic nitrogens is 4. The Morgan fingerprint density at radius 1 is 0.889 bits per heavy atom. The smallest absolute Gasteiger partial charge is 0.230 e. The summed E-state index contributed by atoms with van der Waals surface area (Å²) in [6, 6.07) is 10.9. The van der Waals surface area contributed by atoms with Gasteiger partial charge in [0.25, 0.3) is 0 Å². The molecule has 0 spiro atoms. The minimum Gasteiger partial charge on any atom is -0.508 e. The van der Waals surface area contributed by atoms with Crippen molar-refractivity contribution in [2.75, 3.05) is 24.8 Å². The summed E-state index contributed by atoms with van der Waals surface area (Å²) < 4.78 is 0. The number of carbonyl (C=O) groups excluding carboxylic acids is 1. The number of allylic oxidation sites excluding steroid dienone is 1. The molecule has 0 bridgehead atoms. The molecule has 12 heteroatoms. The summed E-state index contributed by atoms with van der Waals surface area (Å²) in [4.78, 5) is 12.4. The SMILES string of the molecule is C=CCc1ccc(C)c(O)c1.CC.CNc1nnc(C2CCC[C@H](c3nnc(NC(=O)Cc4ccc(C)c(O)c4)s3)C2)s1.CO.